The maximum absolute atomic E-state index is 0. The number of halogens is 3. The van der Waals surface area contributed by atoms with E-state index in [1.807, 2.05) is 0 Å². The molecule has 36 valence electrons. The van der Waals surface area contributed by atoms with Crippen molar-refractivity contribution in [3.05, 3.63) is 0 Å². The molecular weight excluding hydrogens is 217 g/mol. The number of hydrogen-bond acceptors (Lipinski definition) is 0. The van der Waals surface area contributed by atoms with Gasteiger partial charge in [0.15, 0.2) is 0 Å². The van der Waals surface area contributed by atoms with Crippen LogP contribution in [0.3, 0.4) is 0 Å². The molecule has 0 atom stereocenters. The fourth-order valence-corrected chi connectivity index (χ4v) is 0. The van der Waals surface area contributed by atoms with Gasteiger partial charge in [-0.1, -0.05) is 0 Å². The van der Waals surface area contributed by atoms with Crippen molar-refractivity contribution in [3.63, 3.8) is 0 Å². The Kier molecular flexibility index (Phi) is 375. The Morgan fingerprint density at radius 2 is 0.714 bits per heavy atom. The average molecular weight is 226 g/mol. The van der Waals surface area contributed by atoms with Crippen LogP contribution in [-0.2, 0) is 0 Å². The molecule has 0 saturated heterocycles. The predicted octanol–water partition coefficient (Wildman–Crippen LogP) is -4.81. The van der Waals surface area contributed by atoms with E-state index in [4.69, 9.17) is 0 Å². The van der Waals surface area contributed by atoms with Crippen molar-refractivity contribution in [1.82, 2.24) is 0 Å². The Labute approximate surface area is 162 Å². The molecule has 0 amide bonds. The molecule has 0 aliphatic rings. The molecule has 0 aromatic heterocycles. The van der Waals surface area contributed by atoms with Crippen LogP contribution in [0.25, 0.3) is 0 Å². The molecule has 0 radical (unpaired) electrons. The molecule has 0 nitrogen and oxygen atoms in total. The van der Waals surface area contributed by atoms with Crippen molar-refractivity contribution in [2.45, 2.75) is 0 Å². The molecule has 0 saturated carbocycles. The number of hydrogen-bond donors (Lipinski definition) is 0. The first-order chi connectivity index (χ1) is 0. The van der Waals surface area contributed by atoms with E-state index < -0.39 is 0 Å². The summed E-state index contributed by atoms with van der Waals surface area (Å²) in [6.07, 6.45) is 0. The summed E-state index contributed by atoms with van der Waals surface area (Å²) in [6.45, 7) is 0. The minimum atomic E-state index is 0. The van der Waals surface area contributed by atoms with Crippen LogP contribution in [0.15, 0.2) is 0 Å². The standard InChI is InChI=1S/Ca.3ClH.Mg.2Na.6H/h;3*1H;;;;;;;;;/q+2;;;;+2;2*+1;6*-1. The van der Waals surface area contributed by atoms with E-state index in [1.165, 1.54) is 0 Å². The van der Waals surface area contributed by atoms with E-state index in [9.17, 15) is 0 Å². The van der Waals surface area contributed by atoms with Crippen molar-refractivity contribution in [1.29, 1.82) is 0 Å². The van der Waals surface area contributed by atoms with Crippen molar-refractivity contribution < 1.29 is 67.7 Å². The van der Waals surface area contributed by atoms with E-state index in [-0.39, 0.29) is 166 Å². The first-order valence-electron chi connectivity index (χ1n) is 0. The molecule has 0 spiro atoms. The molecule has 0 bridgehead atoms. The SMILES string of the molecule is Cl.Cl.Cl.[Ca+2].[H-].[H-].[H-].[H-].[H-].[H-].[Mg+2].[Na+].[Na+]. The Hall–Kier alpha value is 4.90. The molecule has 0 aromatic rings. The summed E-state index contributed by atoms with van der Waals surface area (Å²) in [4.78, 5) is 0. The zero-order chi connectivity index (χ0) is 0. The molecule has 0 heterocycles. The smallest absolute Gasteiger partial charge is 1.00 e. The summed E-state index contributed by atoms with van der Waals surface area (Å²) in [7, 11) is 0. The second kappa shape index (κ2) is 44.5. The minimum absolute atomic E-state index is 0. The van der Waals surface area contributed by atoms with E-state index in [2.05, 4.69) is 0 Å². The molecule has 7 heteroatoms. The van der Waals surface area contributed by atoms with Crippen molar-refractivity contribution in [2.24, 2.45) is 0 Å². The van der Waals surface area contributed by atoms with Crippen LogP contribution in [0.2, 0.25) is 0 Å². The van der Waals surface area contributed by atoms with Gasteiger partial charge in [-0.2, -0.15) is 0 Å². The van der Waals surface area contributed by atoms with Crippen LogP contribution in [0.1, 0.15) is 8.56 Å². The Bertz CT molecular complexity index is 25.8. The van der Waals surface area contributed by atoms with Gasteiger partial charge in [0.2, 0.25) is 0 Å². The second-order valence-corrected chi connectivity index (χ2v) is 0. The quantitative estimate of drug-likeness (QED) is 0.363. The zero-order valence-electron chi connectivity index (χ0n) is 10.6. The van der Waals surface area contributed by atoms with Crippen LogP contribution in [0, 0.1) is 0 Å². The van der Waals surface area contributed by atoms with Crippen LogP contribution >= 0.6 is 37.2 Å². The topological polar surface area (TPSA) is 0 Å². The van der Waals surface area contributed by atoms with Gasteiger partial charge in [0.1, 0.15) is 0 Å². The molecule has 0 aliphatic carbocycles. The molecule has 0 N–H and O–H groups in total. The average Bonchev–Trinajstić information content (AvgIpc) is 0. The Morgan fingerprint density at radius 3 is 0.714 bits per heavy atom. The van der Waals surface area contributed by atoms with Crippen molar-refractivity contribution in [2.75, 3.05) is 0 Å². The van der Waals surface area contributed by atoms with Gasteiger partial charge in [-0.25, -0.2) is 0 Å². The zero-order valence-corrected chi connectivity index (χ0v) is 14.7. The summed E-state index contributed by atoms with van der Waals surface area (Å²) in [5, 5.41) is 0. The molecule has 0 aliphatic heterocycles. The summed E-state index contributed by atoms with van der Waals surface area (Å²) in [5.74, 6) is 0. The minimum Gasteiger partial charge on any atom is -1.00 e. The van der Waals surface area contributed by atoms with Gasteiger partial charge in [-0.05, 0) is 0 Å². The van der Waals surface area contributed by atoms with Gasteiger partial charge >= 0.3 is 120 Å². The van der Waals surface area contributed by atoms with Gasteiger partial charge in [-0.15, -0.1) is 37.2 Å². The third-order valence-corrected chi connectivity index (χ3v) is 0. The molecule has 7 heavy (non-hydrogen) atoms. The summed E-state index contributed by atoms with van der Waals surface area (Å²) in [6, 6.07) is 0. The number of rotatable bonds is 0. The van der Waals surface area contributed by atoms with E-state index in [0.717, 1.165) is 0 Å². The van der Waals surface area contributed by atoms with Gasteiger partial charge in [0, 0.05) is 0 Å². The summed E-state index contributed by atoms with van der Waals surface area (Å²) in [5.41, 5.74) is 0. The Balaban J connectivity index is 0. The maximum Gasteiger partial charge on any atom is 2.00 e. The van der Waals surface area contributed by atoms with E-state index in [1.54, 1.807) is 0 Å². The molecule has 0 fully saturated rings. The molecular formula is H9CaCl3MgNa2. The van der Waals surface area contributed by atoms with Crippen molar-refractivity contribution >= 4 is 98.0 Å². The maximum atomic E-state index is 0. The first-order valence-corrected chi connectivity index (χ1v) is 0. The van der Waals surface area contributed by atoms with Crippen molar-refractivity contribution in [3.8, 4) is 0 Å². The third kappa shape index (κ3) is 36.0. The fraction of sp³-hybridized carbons (Fsp3) is 0. The Morgan fingerprint density at radius 1 is 0.714 bits per heavy atom. The second-order valence-electron chi connectivity index (χ2n) is 0. The summed E-state index contributed by atoms with van der Waals surface area (Å²) >= 11 is 0. The van der Waals surface area contributed by atoms with Crippen LogP contribution in [0.4, 0.5) is 0 Å². The van der Waals surface area contributed by atoms with Gasteiger partial charge in [0.05, 0.1) is 0 Å². The third-order valence-electron chi connectivity index (χ3n) is 0. The van der Waals surface area contributed by atoms with Crippen LogP contribution < -0.4 is 59.1 Å². The van der Waals surface area contributed by atoms with Crippen LogP contribution in [-0.4, -0.2) is 60.8 Å². The monoisotopic (exact) mass is 224 g/mol. The van der Waals surface area contributed by atoms with Gasteiger partial charge in [0.25, 0.3) is 0 Å². The largest absolute Gasteiger partial charge is 2.00 e. The molecule has 0 unspecified atom stereocenters. The van der Waals surface area contributed by atoms with E-state index >= 15 is 0 Å². The predicted molar refractivity (Wildman–Crippen MR) is 39.9 cm³/mol. The molecule has 0 aromatic carbocycles. The fourth-order valence-electron chi connectivity index (χ4n) is 0. The van der Waals surface area contributed by atoms with Gasteiger partial charge in [-0.3, -0.25) is 0 Å². The first kappa shape index (κ1) is 58.9. The molecule has 0 rings (SSSR count). The van der Waals surface area contributed by atoms with Crippen LogP contribution in [0.5, 0.6) is 0 Å². The normalized spacial score (nSPS) is 0. The van der Waals surface area contributed by atoms with Gasteiger partial charge < -0.3 is 8.56 Å². The van der Waals surface area contributed by atoms with E-state index in [0.29, 0.717) is 0 Å². The summed E-state index contributed by atoms with van der Waals surface area (Å²) < 4.78 is 0.